The Morgan fingerprint density at radius 2 is 1.50 bits per heavy atom. The smallest absolute Gasteiger partial charge is 0.199 e. The van der Waals surface area contributed by atoms with Gasteiger partial charge in [0.1, 0.15) is 0 Å². The Balaban J connectivity index is 1.93. The first-order valence-electron chi connectivity index (χ1n) is 8.89. The van der Waals surface area contributed by atoms with E-state index in [1.165, 1.54) is 11.8 Å². The quantitative estimate of drug-likeness (QED) is 0.295. The van der Waals surface area contributed by atoms with Crippen molar-refractivity contribution in [1.29, 1.82) is 0 Å². The van der Waals surface area contributed by atoms with Gasteiger partial charge in [-0.1, -0.05) is 59.1 Å². The number of hydrogen-bond acceptors (Lipinski definition) is 2. The molecule has 0 aliphatic heterocycles. The zero-order valence-corrected chi connectivity index (χ0v) is 18.0. The van der Waals surface area contributed by atoms with Crippen molar-refractivity contribution in [2.75, 3.05) is 0 Å². The molecule has 0 atom stereocenters. The van der Waals surface area contributed by atoms with E-state index in [0.717, 1.165) is 22.3 Å². The minimum atomic E-state index is -0.00321. The molecule has 28 heavy (non-hydrogen) atoms. The number of carbonyl (C=O) groups is 1. The van der Waals surface area contributed by atoms with Crippen LogP contribution in [0, 0.1) is 13.8 Å². The van der Waals surface area contributed by atoms with Crippen LogP contribution in [-0.2, 0) is 5.75 Å². The van der Waals surface area contributed by atoms with E-state index in [0.29, 0.717) is 26.3 Å². The van der Waals surface area contributed by atoms with Crippen LogP contribution in [0.25, 0.3) is 6.08 Å². The summed E-state index contributed by atoms with van der Waals surface area (Å²) in [7, 11) is 0. The van der Waals surface area contributed by atoms with Gasteiger partial charge in [0, 0.05) is 21.4 Å². The van der Waals surface area contributed by atoms with E-state index in [1.54, 1.807) is 24.3 Å². The predicted octanol–water partition coefficient (Wildman–Crippen LogP) is 7.77. The molecule has 3 rings (SSSR count). The number of thioether (sulfide) groups is 1. The summed E-state index contributed by atoms with van der Waals surface area (Å²) < 4.78 is 0. The van der Waals surface area contributed by atoms with Crippen molar-refractivity contribution in [3.05, 3.63) is 109 Å². The summed E-state index contributed by atoms with van der Waals surface area (Å²) >= 11 is 13.5. The lowest BCUT2D eigenvalue weighted by molar-refractivity contribution is 0.104. The third-order valence-corrected chi connectivity index (χ3v) is 5.96. The van der Waals surface area contributed by atoms with Crippen LogP contribution in [0.1, 0.15) is 32.6 Å². The monoisotopic (exact) mass is 426 g/mol. The van der Waals surface area contributed by atoms with Crippen LogP contribution < -0.4 is 0 Å². The summed E-state index contributed by atoms with van der Waals surface area (Å²) in [4.78, 5) is 13.9. The van der Waals surface area contributed by atoms with Gasteiger partial charge in [-0.05, 0) is 73.0 Å². The number of benzene rings is 3. The summed E-state index contributed by atoms with van der Waals surface area (Å²) in [6.07, 6.45) is 1.99. The molecule has 142 valence electrons. The molecule has 3 aromatic rings. The Hall–Kier alpha value is -2.00. The summed E-state index contributed by atoms with van der Waals surface area (Å²) in [5.74, 6) is 0.684. The molecule has 0 saturated heterocycles. The van der Waals surface area contributed by atoms with Gasteiger partial charge in [0.05, 0.1) is 4.91 Å². The molecule has 0 spiro atoms. The van der Waals surface area contributed by atoms with E-state index in [1.807, 2.05) is 30.3 Å². The standard InChI is InChI=1S/C24H20Cl2OS/c1-16-3-4-17(2)20(13-16)14-23(24(27)19-7-11-22(26)12-8-19)28-15-18-5-9-21(25)10-6-18/h3-14H,15H2,1-2H3. The first kappa shape index (κ1) is 20.7. The van der Waals surface area contributed by atoms with Crippen LogP contribution in [0.3, 0.4) is 0 Å². The number of Topliss-reactive ketones (excluding diaryl/α,β-unsaturated/α-hetero) is 1. The Bertz CT molecular complexity index is 1010. The molecule has 0 bridgehead atoms. The van der Waals surface area contributed by atoms with Gasteiger partial charge >= 0.3 is 0 Å². The van der Waals surface area contributed by atoms with E-state index in [4.69, 9.17) is 23.2 Å². The van der Waals surface area contributed by atoms with Crippen LogP contribution in [0.5, 0.6) is 0 Å². The maximum atomic E-state index is 13.2. The zero-order chi connectivity index (χ0) is 20.1. The van der Waals surface area contributed by atoms with Crippen molar-refractivity contribution >= 4 is 46.8 Å². The Morgan fingerprint density at radius 3 is 2.14 bits per heavy atom. The first-order valence-corrected chi connectivity index (χ1v) is 10.6. The van der Waals surface area contributed by atoms with E-state index >= 15 is 0 Å². The van der Waals surface area contributed by atoms with Crippen LogP contribution in [0.2, 0.25) is 10.0 Å². The van der Waals surface area contributed by atoms with Gasteiger partial charge in [-0.2, -0.15) is 0 Å². The molecule has 0 heterocycles. The maximum absolute atomic E-state index is 13.2. The van der Waals surface area contributed by atoms with Gasteiger partial charge in [-0.3, -0.25) is 4.79 Å². The largest absolute Gasteiger partial charge is 0.288 e. The highest BCUT2D eigenvalue weighted by atomic mass is 35.5. The van der Waals surface area contributed by atoms with E-state index in [9.17, 15) is 4.79 Å². The molecule has 0 aromatic heterocycles. The van der Waals surface area contributed by atoms with E-state index in [2.05, 4.69) is 32.0 Å². The van der Waals surface area contributed by atoms with E-state index in [-0.39, 0.29) is 5.78 Å². The zero-order valence-electron chi connectivity index (χ0n) is 15.7. The summed E-state index contributed by atoms with van der Waals surface area (Å²) in [5, 5.41) is 1.32. The molecular weight excluding hydrogens is 407 g/mol. The lowest BCUT2D eigenvalue weighted by Gasteiger charge is -2.10. The topological polar surface area (TPSA) is 17.1 Å². The van der Waals surface area contributed by atoms with Crippen molar-refractivity contribution in [2.24, 2.45) is 0 Å². The van der Waals surface area contributed by atoms with Gasteiger partial charge in [-0.25, -0.2) is 0 Å². The summed E-state index contributed by atoms with van der Waals surface area (Å²) in [6.45, 7) is 4.11. The number of allylic oxidation sites excluding steroid dienone is 1. The number of aryl methyl sites for hydroxylation is 2. The average molecular weight is 427 g/mol. The fourth-order valence-electron chi connectivity index (χ4n) is 2.71. The number of carbonyl (C=O) groups excluding carboxylic acids is 1. The van der Waals surface area contributed by atoms with Gasteiger partial charge in [0.2, 0.25) is 0 Å². The Morgan fingerprint density at radius 1 is 0.893 bits per heavy atom. The second kappa shape index (κ2) is 9.47. The van der Waals surface area contributed by atoms with Crippen molar-refractivity contribution in [3.8, 4) is 0 Å². The molecule has 0 radical (unpaired) electrons. The van der Waals surface area contributed by atoms with Crippen molar-refractivity contribution in [2.45, 2.75) is 19.6 Å². The molecule has 0 fully saturated rings. The number of hydrogen-bond donors (Lipinski definition) is 0. The first-order chi connectivity index (χ1) is 13.4. The summed E-state index contributed by atoms with van der Waals surface area (Å²) in [5.41, 5.74) is 5.10. The minimum Gasteiger partial charge on any atom is -0.288 e. The molecule has 3 aromatic carbocycles. The third-order valence-electron chi connectivity index (χ3n) is 4.36. The average Bonchev–Trinajstić information content (AvgIpc) is 2.69. The van der Waals surface area contributed by atoms with Crippen LogP contribution in [0.4, 0.5) is 0 Å². The fraction of sp³-hybridized carbons (Fsp3) is 0.125. The van der Waals surface area contributed by atoms with Crippen LogP contribution in [0.15, 0.2) is 71.6 Å². The molecule has 0 amide bonds. The summed E-state index contributed by atoms with van der Waals surface area (Å²) in [6, 6.07) is 21.0. The number of halogens is 2. The van der Waals surface area contributed by atoms with Crippen molar-refractivity contribution in [3.63, 3.8) is 0 Å². The van der Waals surface area contributed by atoms with E-state index < -0.39 is 0 Å². The lowest BCUT2D eigenvalue weighted by Crippen LogP contribution is -2.02. The Labute approximate surface area is 180 Å². The van der Waals surface area contributed by atoms with Gasteiger partial charge < -0.3 is 0 Å². The Kier molecular flexibility index (Phi) is 7.01. The molecule has 0 saturated carbocycles. The highest BCUT2D eigenvalue weighted by molar-refractivity contribution is 8.03. The SMILES string of the molecule is Cc1ccc(C)c(C=C(SCc2ccc(Cl)cc2)C(=O)c2ccc(Cl)cc2)c1. The molecule has 0 unspecified atom stereocenters. The molecular formula is C24H20Cl2OS. The second-order valence-corrected chi connectivity index (χ2v) is 8.51. The van der Waals surface area contributed by atoms with Gasteiger partial charge in [0.25, 0.3) is 0 Å². The number of rotatable bonds is 6. The predicted molar refractivity (Wildman–Crippen MR) is 122 cm³/mol. The molecule has 0 aliphatic rings. The van der Waals surface area contributed by atoms with Gasteiger partial charge in [0.15, 0.2) is 5.78 Å². The van der Waals surface area contributed by atoms with Gasteiger partial charge in [-0.15, -0.1) is 11.8 Å². The number of ketones is 1. The molecule has 4 heteroatoms. The minimum absolute atomic E-state index is 0.00321. The van der Waals surface area contributed by atoms with Crippen LogP contribution in [-0.4, -0.2) is 5.78 Å². The van der Waals surface area contributed by atoms with Crippen molar-refractivity contribution in [1.82, 2.24) is 0 Å². The lowest BCUT2D eigenvalue weighted by atomic mass is 10.0. The van der Waals surface area contributed by atoms with Crippen molar-refractivity contribution < 1.29 is 4.79 Å². The maximum Gasteiger partial charge on any atom is 0.199 e. The van der Waals surface area contributed by atoms with Crippen LogP contribution >= 0.6 is 35.0 Å². The fourth-order valence-corrected chi connectivity index (χ4v) is 3.94. The second-order valence-electron chi connectivity index (χ2n) is 6.62. The molecule has 0 N–H and O–H groups in total. The highest BCUT2D eigenvalue weighted by Gasteiger charge is 2.14. The molecule has 1 nitrogen and oxygen atoms in total. The normalized spacial score (nSPS) is 11.5. The third kappa shape index (κ3) is 5.51. The highest BCUT2D eigenvalue weighted by Crippen LogP contribution is 2.29. The molecule has 0 aliphatic carbocycles.